The van der Waals surface area contributed by atoms with Crippen LogP contribution in [0.3, 0.4) is 0 Å². The van der Waals surface area contributed by atoms with Crippen LogP contribution in [0.25, 0.3) is 22.1 Å². The minimum absolute atomic E-state index is 0.0185. The van der Waals surface area contributed by atoms with Crippen LogP contribution in [-0.4, -0.2) is 16.7 Å². The van der Waals surface area contributed by atoms with E-state index in [1.807, 2.05) is 0 Å². The number of carbonyl (C=O) groups excluding carboxylic acids is 2. The zero-order chi connectivity index (χ0) is 20.1. The number of benzene rings is 3. The molecule has 0 atom stereocenters. The lowest BCUT2D eigenvalue weighted by atomic mass is 10.0. The van der Waals surface area contributed by atoms with E-state index in [2.05, 4.69) is 0 Å². The Kier molecular flexibility index (Phi) is 4.00. The molecule has 0 saturated heterocycles. The van der Waals surface area contributed by atoms with Crippen molar-refractivity contribution in [3.63, 3.8) is 0 Å². The minimum Gasteiger partial charge on any atom is -0.459 e. The van der Waals surface area contributed by atoms with Crippen molar-refractivity contribution in [2.45, 2.75) is 6.54 Å². The Balaban J connectivity index is 1.57. The molecule has 3 aromatic carbocycles. The molecule has 29 heavy (non-hydrogen) atoms. The van der Waals surface area contributed by atoms with Gasteiger partial charge in [0.15, 0.2) is 0 Å². The van der Waals surface area contributed by atoms with Crippen molar-refractivity contribution in [1.82, 2.24) is 4.90 Å². The van der Waals surface area contributed by atoms with Gasteiger partial charge in [0.05, 0.1) is 17.7 Å². The molecule has 0 radical (unpaired) electrons. The van der Waals surface area contributed by atoms with Crippen LogP contribution >= 0.6 is 11.6 Å². The van der Waals surface area contributed by atoms with Crippen LogP contribution in [0.15, 0.2) is 71.1 Å². The number of hydrogen-bond donors (Lipinski definition) is 0. The summed E-state index contributed by atoms with van der Waals surface area (Å²) < 4.78 is 20.3. The molecular formula is C23H13ClFNO3. The molecule has 4 nitrogen and oxygen atoms in total. The molecule has 0 aliphatic carbocycles. The lowest BCUT2D eigenvalue weighted by Gasteiger charge is -2.11. The molecule has 0 unspecified atom stereocenters. The van der Waals surface area contributed by atoms with E-state index in [1.54, 1.807) is 60.7 Å². The SMILES string of the molecule is O=C1c2ccccc2C(=O)N1Cc1cc2cc(Cl)cc(-c3ccccc3F)c2o1. The van der Waals surface area contributed by atoms with Crippen LogP contribution in [0.5, 0.6) is 0 Å². The van der Waals surface area contributed by atoms with Gasteiger partial charge in [-0.25, -0.2) is 4.39 Å². The monoisotopic (exact) mass is 405 g/mol. The Morgan fingerprint density at radius 2 is 1.45 bits per heavy atom. The molecule has 1 aromatic heterocycles. The molecule has 2 heterocycles. The van der Waals surface area contributed by atoms with Crippen LogP contribution in [0, 0.1) is 5.82 Å². The van der Waals surface area contributed by atoms with Gasteiger partial charge < -0.3 is 4.42 Å². The lowest BCUT2D eigenvalue weighted by Crippen LogP contribution is -2.28. The maximum Gasteiger partial charge on any atom is 0.261 e. The second-order valence-electron chi connectivity index (χ2n) is 6.81. The van der Waals surface area contributed by atoms with E-state index in [0.717, 1.165) is 4.90 Å². The summed E-state index contributed by atoms with van der Waals surface area (Å²) in [5, 5.41) is 1.10. The van der Waals surface area contributed by atoms with Crippen LogP contribution in [-0.2, 0) is 6.54 Å². The zero-order valence-electron chi connectivity index (χ0n) is 15.0. The van der Waals surface area contributed by atoms with Crippen LogP contribution < -0.4 is 0 Å². The quantitative estimate of drug-likeness (QED) is 0.411. The van der Waals surface area contributed by atoms with Crippen molar-refractivity contribution in [3.05, 3.63) is 94.5 Å². The summed E-state index contributed by atoms with van der Waals surface area (Å²) in [6, 6.07) is 18.1. The molecule has 142 valence electrons. The highest BCUT2D eigenvalue weighted by molar-refractivity contribution is 6.32. The third kappa shape index (κ3) is 2.82. The Morgan fingerprint density at radius 1 is 0.828 bits per heavy atom. The van der Waals surface area contributed by atoms with Gasteiger partial charge in [-0.15, -0.1) is 0 Å². The van der Waals surface area contributed by atoms with E-state index in [0.29, 0.717) is 44.0 Å². The highest BCUT2D eigenvalue weighted by Crippen LogP contribution is 2.36. The molecule has 4 aromatic rings. The molecule has 0 spiro atoms. The van der Waals surface area contributed by atoms with Crippen molar-refractivity contribution >= 4 is 34.4 Å². The number of imide groups is 1. The van der Waals surface area contributed by atoms with E-state index in [4.69, 9.17) is 16.0 Å². The summed E-state index contributed by atoms with van der Waals surface area (Å²) in [5.41, 5.74) is 2.08. The van der Waals surface area contributed by atoms with Gasteiger partial charge in [-0.1, -0.05) is 41.9 Å². The third-order valence-corrected chi connectivity index (χ3v) is 5.21. The summed E-state index contributed by atoms with van der Waals surface area (Å²) in [7, 11) is 0. The fraction of sp³-hybridized carbons (Fsp3) is 0.0435. The number of nitrogens with zero attached hydrogens (tertiary/aromatic N) is 1. The standard InChI is InChI=1S/C23H13ClFNO3/c24-14-9-13-10-15(12-26-22(27)17-6-1-2-7-18(17)23(26)28)29-21(13)19(11-14)16-5-3-4-8-20(16)25/h1-11H,12H2. The third-order valence-electron chi connectivity index (χ3n) is 4.99. The number of rotatable bonds is 3. The van der Waals surface area contributed by atoms with E-state index < -0.39 is 5.82 Å². The molecular weight excluding hydrogens is 393 g/mol. The molecule has 0 saturated carbocycles. The summed E-state index contributed by atoms with van der Waals surface area (Å²) >= 11 is 6.23. The van der Waals surface area contributed by atoms with Gasteiger partial charge in [0.25, 0.3) is 11.8 Å². The first-order valence-electron chi connectivity index (χ1n) is 8.95. The van der Waals surface area contributed by atoms with E-state index in [9.17, 15) is 14.0 Å². The van der Waals surface area contributed by atoms with Crippen LogP contribution in [0.2, 0.25) is 5.02 Å². The van der Waals surface area contributed by atoms with Gasteiger partial charge >= 0.3 is 0 Å². The average Bonchev–Trinajstić information content (AvgIpc) is 3.22. The van der Waals surface area contributed by atoms with Crippen molar-refractivity contribution in [2.24, 2.45) is 0 Å². The predicted octanol–water partition coefficient (Wildman–Crippen LogP) is 5.69. The zero-order valence-corrected chi connectivity index (χ0v) is 15.7. The number of fused-ring (bicyclic) bond motifs is 2. The van der Waals surface area contributed by atoms with Crippen LogP contribution in [0.4, 0.5) is 4.39 Å². The van der Waals surface area contributed by atoms with Gasteiger partial charge in [0, 0.05) is 21.5 Å². The summed E-state index contributed by atoms with van der Waals surface area (Å²) in [5.74, 6) is -0.708. The number of furan rings is 1. The molecule has 6 heteroatoms. The fourth-order valence-corrected chi connectivity index (χ4v) is 3.89. The molecule has 2 amide bonds. The molecule has 5 rings (SSSR count). The Labute approximate surface area is 170 Å². The summed E-state index contributed by atoms with van der Waals surface area (Å²) in [6.45, 7) is -0.0185. The van der Waals surface area contributed by atoms with Crippen LogP contribution in [0.1, 0.15) is 26.5 Å². The van der Waals surface area contributed by atoms with Gasteiger partial charge in [-0.3, -0.25) is 14.5 Å². The summed E-state index contributed by atoms with van der Waals surface area (Å²) in [6.07, 6.45) is 0. The highest BCUT2D eigenvalue weighted by Gasteiger charge is 2.35. The normalized spacial score (nSPS) is 13.4. The van der Waals surface area contributed by atoms with Crippen molar-refractivity contribution < 1.29 is 18.4 Å². The molecule has 0 fully saturated rings. The van der Waals surface area contributed by atoms with Gasteiger partial charge in [0.1, 0.15) is 17.2 Å². The van der Waals surface area contributed by atoms with E-state index in [-0.39, 0.29) is 18.4 Å². The second-order valence-corrected chi connectivity index (χ2v) is 7.24. The maximum atomic E-state index is 14.3. The van der Waals surface area contributed by atoms with Gasteiger partial charge in [-0.05, 0) is 36.4 Å². The molecule has 1 aliphatic heterocycles. The Bertz CT molecular complexity index is 1280. The summed E-state index contributed by atoms with van der Waals surface area (Å²) in [4.78, 5) is 26.4. The largest absolute Gasteiger partial charge is 0.459 e. The number of carbonyl (C=O) groups is 2. The Hall–Kier alpha value is -3.44. The minimum atomic E-state index is -0.394. The topological polar surface area (TPSA) is 50.5 Å². The second kappa shape index (κ2) is 6.57. The number of hydrogen-bond acceptors (Lipinski definition) is 3. The number of amides is 2. The van der Waals surface area contributed by atoms with Gasteiger partial charge in [0.2, 0.25) is 0 Å². The lowest BCUT2D eigenvalue weighted by molar-refractivity contribution is 0.0632. The maximum absolute atomic E-state index is 14.3. The van der Waals surface area contributed by atoms with Crippen molar-refractivity contribution in [3.8, 4) is 11.1 Å². The average molecular weight is 406 g/mol. The molecule has 0 bridgehead atoms. The molecule has 0 N–H and O–H groups in total. The van der Waals surface area contributed by atoms with Gasteiger partial charge in [-0.2, -0.15) is 0 Å². The smallest absolute Gasteiger partial charge is 0.261 e. The van der Waals surface area contributed by atoms with E-state index in [1.165, 1.54) is 6.07 Å². The van der Waals surface area contributed by atoms with Crippen molar-refractivity contribution in [2.75, 3.05) is 0 Å². The van der Waals surface area contributed by atoms with Crippen molar-refractivity contribution in [1.29, 1.82) is 0 Å². The first-order valence-corrected chi connectivity index (χ1v) is 9.33. The first-order chi connectivity index (χ1) is 14.0. The first kappa shape index (κ1) is 17.6. The Morgan fingerprint density at radius 3 is 2.10 bits per heavy atom. The highest BCUT2D eigenvalue weighted by atomic mass is 35.5. The predicted molar refractivity (Wildman–Crippen MR) is 107 cm³/mol. The number of halogens is 2. The fourth-order valence-electron chi connectivity index (χ4n) is 3.67. The molecule has 1 aliphatic rings. The van der Waals surface area contributed by atoms with E-state index >= 15 is 0 Å².